The highest BCUT2D eigenvalue weighted by Gasteiger charge is 2.23. The van der Waals surface area contributed by atoms with Gasteiger partial charge in [-0.15, -0.1) is 0 Å². The van der Waals surface area contributed by atoms with E-state index in [1.165, 1.54) is 38.5 Å². The van der Waals surface area contributed by atoms with Crippen molar-refractivity contribution in [1.82, 2.24) is 5.32 Å². The fourth-order valence-corrected chi connectivity index (χ4v) is 2.50. The van der Waals surface area contributed by atoms with Crippen molar-refractivity contribution in [2.75, 3.05) is 19.8 Å². The maximum atomic E-state index is 5.61. The Labute approximate surface area is 93.8 Å². The summed E-state index contributed by atoms with van der Waals surface area (Å²) >= 11 is 0. The number of nitrogens with one attached hydrogen (secondary N) is 1. The van der Waals surface area contributed by atoms with Gasteiger partial charge in [-0.25, -0.2) is 0 Å². The van der Waals surface area contributed by atoms with E-state index in [4.69, 9.17) is 4.74 Å². The van der Waals surface area contributed by atoms with Crippen molar-refractivity contribution >= 4 is 0 Å². The monoisotopic (exact) mass is 211 g/mol. The molecule has 15 heavy (non-hydrogen) atoms. The largest absolute Gasteiger partial charge is 0.380 e. The maximum absolute atomic E-state index is 5.61. The van der Waals surface area contributed by atoms with Crippen LogP contribution >= 0.6 is 0 Å². The van der Waals surface area contributed by atoms with Crippen molar-refractivity contribution in [3.8, 4) is 0 Å². The molecule has 2 aliphatic carbocycles. The van der Waals surface area contributed by atoms with E-state index >= 15 is 0 Å². The molecule has 2 saturated carbocycles. The van der Waals surface area contributed by atoms with Gasteiger partial charge in [-0.2, -0.15) is 0 Å². The van der Waals surface area contributed by atoms with Gasteiger partial charge in [0, 0.05) is 19.2 Å². The zero-order valence-electron chi connectivity index (χ0n) is 10.0. The van der Waals surface area contributed by atoms with Gasteiger partial charge in [0.05, 0.1) is 6.61 Å². The summed E-state index contributed by atoms with van der Waals surface area (Å²) in [4.78, 5) is 0. The maximum Gasteiger partial charge on any atom is 0.0591 e. The minimum Gasteiger partial charge on any atom is -0.380 e. The minimum atomic E-state index is 0.777. The van der Waals surface area contributed by atoms with Gasteiger partial charge in [-0.3, -0.25) is 0 Å². The minimum absolute atomic E-state index is 0.777. The van der Waals surface area contributed by atoms with Crippen molar-refractivity contribution in [2.24, 2.45) is 11.8 Å². The highest BCUT2D eigenvalue weighted by Crippen LogP contribution is 2.29. The normalized spacial score (nSPS) is 31.0. The van der Waals surface area contributed by atoms with Crippen LogP contribution in [0.15, 0.2) is 0 Å². The summed E-state index contributed by atoms with van der Waals surface area (Å²) in [5.41, 5.74) is 0. The summed E-state index contributed by atoms with van der Waals surface area (Å²) in [5, 5.41) is 3.62. The molecule has 2 fully saturated rings. The zero-order chi connectivity index (χ0) is 10.5. The summed E-state index contributed by atoms with van der Waals surface area (Å²) in [7, 11) is 0. The topological polar surface area (TPSA) is 21.3 Å². The fraction of sp³-hybridized carbons (Fsp3) is 1.00. The van der Waals surface area contributed by atoms with Crippen LogP contribution in [0.4, 0.5) is 0 Å². The molecule has 1 N–H and O–H groups in total. The van der Waals surface area contributed by atoms with Crippen molar-refractivity contribution in [1.29, 1.82) is 0 Å². The molecule has 0 bridgehead atoms. The predicted molar refractivity (Wildman–Crippen MR) is 63.0 cm³/mol. The molecule has 88 valence electrons. The van der Waals surface area contributed by atoms with Crippen LogP contribution < -0.4 is 5.32 Å². The molecule has 2 heteroatoms. The molecule has 2 rings (SSSR count). The lowest BCUT2D eigenvalue weighted by atomic mass is 10.1. The van der Waals surface area contributed by atoms with E-state index in [1.807, 2.05) is 0 Å². The van der Waals surface area contributed by atoms with E-state index in [0.29, 0.717) is 0 Å². The van der Waals surface area contributed by atoms with Gasteiger partial charge in [-0.1, -0.05) is 13.3 Å². The van der Waals surface area contributed by atoms with Crippen LogP contribution in [0.3, 0.4) is 0 Å². The second-order valence-corrected chi connectivity index (χ2v) is 5.26. The molecule has 0 amide bonds. The third-order valence-electron chi connectivity index (χ3n) is 3.85. The Morgan fingerprint density at radius 2 is 1.93 bits per heavy atom. The van der Waals surface area contributed by atoms with Crippen LogP contribution in [0.1, 0.15) is 45.4 Å². The number of hydrogen-bond acceptors (Lipinski definition) is 2. The standard InChI is InChI=1S/C13H25NO/c1-2-11-5-6-13(9-11)14-7-8-15-10-12-3-4-12/h11-14H,2-10H2,1H3. The van der Waals surface area contributed by atoms with Crippen molar-refractivity contribution in [3.05, 3.63) is 0 Å². The Balaban J connectivity index is 1.43. The van der Waals surface area contributed by atoms with E-state index in [9.17, 15) is 0 Å². The fourth-order valence-electron chi connectivity index (χ4n) is 2.50. The predicted octanol–water partition coefficient (Wildman–Crippen LogP) is 2.58. The lowest BCUT2D eigenvalue weighted by molar-refractivity contribution is 0.124. The van der Waals surface area contributed by atoms with Crippen LogP contribution in [0.25, 0.3) is 0 Å². The van der Waals surface area contributed by atoms with E-state index in [0.717, 1.165) is 37.6 Å². The van der Waals surface area contributed by atoms with Gasteiger partial charge in [0.2, 0.25) is 0 Å². The number of rotatable bonds is 7. The highest BCUT2D eigenvalue weighted by atomic mass is 16.5. The van der Waals surface area contributed by atoms with Crippen molar-refractivity contribution in [2.45, 2.75) is 51.5 Å². The van der Waals surface area contributed by atoms with E-state index in [-0.39, 0.29) is 0 Å². The van der Waals surface area contributed by atoms with Crippen LogP contribution in [0.2, 0.25) is 0 Å². The molecular weight excluding hydrogens is 186 g/mol. The van der Waals surface area contributed by atoms with Crippen molar-refractivity contribution in [3.63, 3.8) is 0 Å². The van der Waals surface area contributed by atoms with Gasteiger partial charge in [0.1, 0.15) is 0 Å². The third kappa shape index (κ3) is 4.12. The third-order valence-corrected chi connectivity index (χ3v) is 3.85. The lowest BCUT2D eigenvalue weighted by Gasteiger charge is -2.12. The van der Waals surface area contributed by atoms with Crippen LogP contribution in [0.5, 0.6) is 0 Å². The van der Waals surface area contributed by atoms with Gasteiger partial charge in [-0.05, 0) is 43.9 Å². The molecule has 0 spiro atoms. The molecule has 0 radical (unpaired) electrons. The molecule has 0 aromatic heterocycles. The molecule has 2 unspecified atom stereocenters. The number of ether oxygens (including phenoxy) is 1. The van der Waals surface area contributed by atoms with Crippen LogP contribution in [-0.4, -0.2) is 25.8 Å². The average molecular weight is 211 g/mol. The quantitative estimate of drug-likeness (QED) is 0.654. The molecule has 0 saturated heterocycles. The number of hydrogen-bond donors (Lipinski definition) is 1. The second kappa shape index (κ2) is 5.86. The summed E-state index contributed by atoms with van der Waals surface area (Å²) in [6.45, 7) is 5.27. The molecule has 2 atom stereocenters. The first-order chi connectivity index (χ1) is 7.38. The smallest absolute Gasteiger partial charge is 0.0591 e. The van der Waals surface area contributed by atoms with Gasteiger partial charge in [0.25, 0.3) is 0 Å². The zero-order valence-corrected chi connectivity index (χ0v) is 10.0. The average Bonchev–Trinajstić information content (AvgIpc) is 2.96. The summed E-state index contributed by atoms with van der Waals surface area (Å²) in [6, 6.07) is 0.777. The first-order valence-electron chi connectivity index (χ1n) is 6.69. The first kappa shape index (κ1) is 11.4. The Bertz CT molecular complexity index is 179. The SMILES string of the molecule is CCC1CCC(NCCOCC2CC2)C1. The van der Waals surface area contributed by atoms with Crippen LogP contribution in [-0.2, 0) is 4.74 Å². The molecule has 0 aromatic rings. The Hall–Kier alpha value is -0.0800. The molecule has 0 heterocycles. The molecule has 0 aromatic carbocycles. The molecule has 2 aliphatic rings. The molecular formula is C13H25NO. The van der Waals surface area contributed by atoms with Gasteiger partial charge < -0.3 is 10.1 Å². The van der Waals surface area contributed by atoms with Crippen molar-refractivity contribution < 1.29 is 4.74 Å². The van der Waals surface area contributed by atoms with Crippen LogP contribution in [0, 0.1) is 11.8 Å². The Kier molecular flexibility index (Phi) is 4.45. The van der Waals surface area contributed by atoms with Gasteiger partial charge >= 0.3 is 0 Å². The first-order valence-corrected chi connectivity index (χ1v) is 6.69. The summed E-state index contributed by atoms with van der Waals surface area (Å²) in [5.74, 6) is 1.89. The van der Waals surface area contributed by atoms with E-state index < -0.39 is 0 Å². The van der Waals surface area contributed by atoms with E-state index in [1.54, 1.807) is 0 Å². The lowest BCUT2D eigenvalue weighted by Crippen LogP contribution is -2.30. The Morgan fingerprint density at radius 1 is 1.13 bits per heavy atom. The second-order valence-electron chi connectivity index (χ2n) is 5.26. The Morgan fingerprint density at radius 3 is 2.60 bits per heavy atom. The summed E-state index contributed by atoms with van der Waals surface area (Å²) in [6.07, 6.45) is 8.34. The van der Waals surface area contributed by atoms with E-state index in [2.05, 4.69) is 12.2 Å². The molecule has 0 aliphatic heterocycles. The molecule has 2 nitrogen and oxygen atoms in total. The highest BCUT2D eigenvalue weighted by molar-refractivity contribution is 4.79. The van der Waals surface area contributed by atoms with Gasteiger partial charge in [0.15, 0.2) is 0 Å². The summed E-state index contributed by atoms with van der Waals surface area (Å²) < 4.78 is 5.61.